The molecule has 2 atom stereocenters. The molecule has 0 saturated carbocycles. The van der Waals surface area contributed by atoms with E-state index in [-0.39, 0.29) is 11.6 Å². The minimum Gasteiger partial charge on any atom is -0.454 e. The number of fused-ring (bicyclic) bond motifs is 4. The summed E-state index contributed by atoms with van der Waals surface area (Å²) in [5.41, 5.74) is 2.20. The van der Waals surface area contributed by atoms with Gasteiger partial charge in [0.05, 0.1) is 0 Å². The number of nitrogens with zero attached hydrogens (tertiary/aromatic N) is 1. The lowest BCUT2D eigenvalue weighted by Crippen LogP contribution is -2.53. The molecule has 1 unspecified atom stereocenters. The van der Waals surface area contributed by atoms with Gasteiger partial charge in [0.2, 0.25) is 0 Å². The van der Waals surface area contributed by atoms with Gasteiger partial charge in [-0.3, -0.25) is 4.79 Å². The van der Waals surface area contributed by atoms with E-state index in [1.54, 1.807) is 0 Å². The van der Waals surface area contributed by atoms with Crippen molar-refractivity contribution in [2.45, 2.75) is 44.2 Å². The summed E-state index contributed by atoms with van der Waals surface area (Å²) in [6.07, 6.45) is 3.36. The van der Waals surface area contributed by atoms with Gasteiger partial charge in [0.1, 0.15) is 5.60 Å². The molecule has 19 heavy (non-hydrogen) atoms. The first-order valence-electron chi connectivity index (χ1n) is 7.15. The fraction of sp³-hybridized carbons (Fsp3) is 0.562. The fourth-order valence-electron chi connectivity index (χ4n) is 3.49. The lowest BCUT2D eigenvalue weighted by molar-refractivity contribution is -0.170. The lowest BCUT2D eigenvalue weighted by Gasteiger charge is -2.49. The summed E-state index contributed by atoms with van der Waals surface area (Å²) in [5, 5.41) is 0. The fourth-order valence-corrected chi connectivity index (χ4v) is 3.49. The van der Waals surface area contributed by atoms with E-state index in [0.29, 0.717) is 12.5 Å². The van der Waals surface area contributed by atoms with Crippen LogP contribution in [-0.4, -0.2) is 30.5 Å². The van der Waals surface area contributed by atoms with Gasteiger partial charge in [-0.05, 0) is 24.6 Å². The SMILES string of the molecule is CCC(=O)O[C@@]12CCN(C)C(Cc3ccccc31)C2. The number of rotatable bonds is 2. The number of ether oxygens (including phenoxy) is 1. The van der Waals surface area contributed by atoms with Crippen molar-refractivity contribution in [2.75, 3.05) is 13.6 Å². The molecule has 2 bridgehead atoms. The van der Waals surface area contributed by atoms with Gasteiger partial charge in [-0.15, -0.1) is 0 Å². The molecule has 1 saturated heterocycles. The van der Waals surface area contributed by atoms with Gasteiger partial charge in [0, 0.05) is 31.8 Å². The predicted molar refractivity (Wildman–Crippen MR) is 73.9 cm³/mol. The molecule has 3 rings (SSSR count). The summed E-state index contributed by atoms with van der Waals surface area (Å²) in [4.78, 5) is 14.2. The van der Waals surface area contributed by atoms with Crippen LogP contribution >= 0.6 is 0 Å². The number of hydrogen-bond acceptors (Lipinski definition) is 3. The van der Waals surface area contributed by atoms with Gasteiger partial charge in [-0.2, -0.15) is 0 Å². The molecule has 0 radical (unpaired) electrons. The monoisotopic (exact) mass is 259 g/mol. The van der Waals surface area contributed by atoms with E-state index >= 15 is 0 Å². The first kappa shape index (κ1) is 12.7. The van der Waals surface area contributed by atoms with E-state index in [1.165, 1.54) is 11.1 Å². The molecule has 0 spiro atoms. The second-order valence-corrected chi connectivity index (χ2v) is 5.77. The highest BCUT2D eigenvalue weighted by Crippen LogP contribution is 2.45. The van der Waals surface area contributed by atoms with Crippen LogP contribution in [0.15, 0.2) is 24.3 Å². The first-order chi connectivity index (χ1) is 9.14. The van der Waals surface area contributed by atoms with E-state index in [0.717, 1.165) is 25.8 Å². The van der Waals surface area contributed by atoms with Crippen molar-refractivity contribution in [2.24, 2.45) is 0 Å². The van der Waals surface area contributed by atoms with Gasteiger partial charge < -0.3 is 9.64 Å². The Morgan fingerprint density at radius 1 is 1.47 bits per heavy atom. The van der Waals surface area contributed by atoms with Crippen LogP contribution in [0.3, 0.4) is 0 Å². The Labute approximate surface area is 114 Å². The van der Waals surface area contributed by atoms with Crippen molar-refractivity contribution in [3.05, 3.63) is 35.4 Å². The number of likely N-dealkylation sites (N-methyl/N-ethyl adjacent to an activating group) is 1. The summed E-state index contributed by atoms with van der Waals surface area (Å²) in [5.74, 6) is -0.0833. The Balaban J connectivity index is 2.03. The molecule has 0 aromatic heterocycles. The maximum atomic E-state index is 11.8. The summed E-state index contributed by atoms with van der Waals surface area (Å²) >= 11 is 0. The highest BCUT2D eigenvalue weighted by atomic mass is 16.6. The Kier molecular flexibility index (Phi) is 3.09. The number of likely N-dealkylation sites (tertiary alicyclic amines) is 1. The normalized spacial score (nSPS) is 29.7. The number of esters is 1. The van der Waals surface area contributed by atoms with E-state index in [1.807, 2.05) is 6.92 Å². The first-order valence-corrected chi connectivity index (χ1v) is 7.15. The molecule has 2 aliphatic rings. The van der Waals surface area contributed by atoms with Crippen molar-refractivity contribution in [3.63, 3.8) is 0 Å². The van der Waals surface area contributed by atoms with Crippen LogP contribution in [0.5, 0.6) is 0 Å². The van der Waals surface area contributed by atoms with E-state index < -0.39 is 0 Å². The Morgan fingerprint density at radius 3 is 3.05 bits per heavy atom. The van der Waals surface area contributed by atoms with Crippen molar-refractivity contribution < 1.29 is 9.53 Å². The van der Waals surface area contributed by atoms with Crippen LogP contribution in [0.1, 0.15) is 37.3 Å². The number of benzene rings is 1. The van der Waals surface area contributed by atoms with E-state index in [2.05, 4.69) is 36.2 Å². The molecular formula is C16H21NO2. The molecule has 1 heterocycles. The van der Waals surface area contributed by atoms with Gasteiger partial charge in [-0.1, -0.05) is 31.2 Å². The lowest BCUT2D eigenvalue weighted by atomic mass is 9.72. The summed E-state index contributed by atoms with van der Waals surface area (Å²) in [6, 6.07) is 8.94. The average Bonchev–Trinajstić information content (AvgIpc) is 2.43. The minimum atomic E-state index is -0.376. The van der Waals surface area contributed by atoms with Crippen molar-refractivity contribution >= 4 is 5.97 Å². The molecule has 0 N–H and O–H groups in total. The molecule has 3 nitrogen and oxygen atoms in total. The van der Waals surface area contributed by atoms with Crippen molar-refractivity contribution in [1.82, 2.24) is 4.90 Å². The van der Waals surface area contributed by atoms with Crippen LogP contribution in [-0.2, 0) is 21.6 Å². The topological polar surface area (TPSA) is 29.5 Å². The maximum Gasteiger partial charge on any atom is 0.306 e. The number of hydrogen-bond donors (Lipinski definition) is 0. The number of carbonyl (C=O) groups excluding carboxylic acids is 1. The third-order valence-electron chi connectivity index (χ3n) is 4.62. The molecule has 3 heteroatoms. The maximum absolute atomic E-state index is 11.8. The zero-order chi connectivity index (χ0) is 13.5. The molecule has 1 aliphatic heterocycles. The summed E-state index contributed by atoms with van der Waals surface area (Å²) < 4.78 is 5.91. The molecule has 1 aromatic rings. The molecule has 102 valence electrons. The van der Waals surface area contributed by atoms with Crippen LogP contribution in [0.25, 0.3) is 0 Å². The minimum absolute atomic E-state index is 0.0833. The summed E-state index contributed by atoms with van der Waals surface area (Å²) in [7, 11) is 2.17. The van der Waals surface area contributed by atoms with Gasteiger partial charge in [-0.25, -0.2) is 0 Å². The Bertz CT molecular complexity index is 499. The molecule has 1 aromatic carbocycles. The molecule has 1 fully saturated rings. The molecule has 1 aliphatic carbocycles. The highest BCUT2D eigenvalue weighted by Gasteiger charge is 2.47. The average molecular weight is 259 g/mol. The van der Waals surface area contributed by atoms with E-state index in [4.69, 9.17) is 4.74 Å². The third-order valence-corrected chi connectivity index (χ3v) is 4.62. The van der Waals surface area contributed by atoms with Gasteiger partial charge in [0.25, 0.3) is 0 Å². The van der Waals surface area contributed by atoms with Crippen LogP contribution < -0.4 is 0 Å². The smallest absolute Gasteiger partial charge is 0.306 e. The highest BCUT2D eigenvalue weighted by molar-refractivity contribution is 5.70. The van der Waals surface area contributed by atoms with E-state index in [9.17, 15) is 4.79 Å². The zero-order valence-electron chi connectivity index (χ0n) is 11.7. The zero-order valence-corrected chi connectivity index (χ0v) is 11.7. The van der Waals surface area contributed by atoms with Crippen molar-refractivity contribution in [1.29, 1.82) is 0 Å². The standard InChI is InChI=1S/C16H21NO2/c1-3-15(18)19-16-8-9-17(2)13(11-16)10-12-6-4-5-7-14(12)16/h4-7,13H,3,8-11H2,1-2H3/t13?,16-/m1/s1. The second kappa shape index (κ2) is 4.64. The Morgan fingerprint density at radius 2 is 2.26 bits per heavy atom. The quantitative estimate of drug-likeness (QED) is 0.764. The Hall–Kier alpha value is -1.35. The van der Waals surface area contributed by atoms with Crippen LogP contribution in [0.4, 0.5) is 0 Å². The van der Waals surface area contributed by atoms with Crippen LogP contribution in [0.2, 0.25) is 0 Å². The number of piperidine rings is 1. The summed E-state index contributed by atoms with van der Waals surface area (Å²) in [6.45, 7) is 2.86. The molecular weight excluding hydrogens is 238 g/mol. The number of carbonyl (C=O) groups is 1. The molecule has 0 amide bonds. The van der Waals surface area contributed by atoms with Crippen molar-refractivity contribution in [3.8, 4) is 0 Å². The third kappa shape index (κ3) is 2.06. The van der Waals surface area contributed by atoms with Gasteiger partial charge in [0.15, 0.2) is 0 Å². The van der Waals surface area contributed by atoms with Gasteiger partial charge >= 0.3 is 5.97 Å². The largest absolute Gasteiger partial charge is 0.454 e. The predicted octanol–water partition coefficient (Wildman–Crippen LogP) is 2.49. The van der Waals surface area contributed by atoms with Crippen LogP contribution in [0, 0.1) is 0 Å². The second-order valence-electron chi connectivity index (χ2n) is 5.77.